The van der Waals surface area contributed by atoms with Crippen LogP contribution in [0.15, 0.2) is 36.5 Å². The van der Waals surface area contributed by atoms with Crippen molar-refractivity contribution in [3.63, 3.8) is 0 Å². The summed E-state index contributed by atoms with van der Waals surface area (Å²) in [7, 11) is 0. The van der Waals surface area contributed by atoms with Gasteiger partial charge in [-0.05, 0) is 32.4 Å². The first-order valence-corrected chi connectivity index (χ1v) is 8.89. The molecule has 27 heavy (non-hydrogen) atoms. The van der Waals surface area contributed by atoms with Crippen molar-refractivity contribution in [2.75, 3.05) is 29.5 Å². The molecule has 1 aromatic heterocycles. The van der Waals surface area contributed by atoms with Gasteiger partial charge in [-0.3, -0.25) is 4.79 Å². The van der Waals surface area contributed by atoms with E-state index in [-0.39, 0.29) is 11.9 Å². The van der Waals surface area contributed by atoms with Gasteiger partial charge in [0.05, 0.1) is 5.69 Å². The van der Waals surface area contributed by atoms with E-state index in [9.17, 15) is 4.79 Å². The number of nitrogen functional groups attached to an aromatic ring is 1. The molecule has 8 nitrogen and oxygen atoms in total. The third kappa shape index (κ3) is 4.87. The standard InChI is InChI=1S/C19H24N6O2/c1-12(2)23-18(26)14-11-22-19-21-8-4-3-5-9-27-16-10-13(6-7-15(16)20)24-17(14)25-19/h3,5-7,10-12H,4,8-9,20H2,1-2H3,(H,23,26)(H2,21,22,24,25)/b5-3-. The van der Waals surface area contributed by atoms with E-state index in [0.29, 0.717) is 47.6 Å². The summed E-state index contributed by atoms with van der Waals surface area (Å²) >= 11 is 0. The summed E-state index contributed by atoms with van der Waals surface area (Å²) in [6, 6.07) is 5.35. The van der Waals surface area contributed by atoms with E-state index in [0.717, 1.165) is 6.42 Å². The van der Waals surface area contributed by atoms with Gasteiger partial charge in [0.1, 0.15) is 23.7 Å². The van der Waals surface area contributed by atoms with Crippen LogP contribution < -0.4 is 26.4 Å². The second-order valence-electron chi connectivity index (χ2n) is 6.46. The maximum absolute atomic E-state index is 12.5. The molecule has 1 aromatic carbocycles. The first-order chi connectivity index (χ1) is 13.0. The van der Waals surface area contributed by atoms with E-state index in [1.807, 2.05) is 32.1 Å². The smallest absolute Gasteiger partial charge is 0.256 e. The van der Waals surface area contributed by atoms with Gasteiger partial charge < -0.3 is 26.4 Å². The van der Waals surface area contributed by atoms with Crippen molar-refractivity contribution in [2.45, 2.75) is 26.3 Å². The molecule has 0 fully saturated rings. The fourth-order valence-electron chi connectivity index (χ4n) is 2.53. The minimum atomic E-state index is -0.241. The fourth-order valence-corrected chi connectivity index (χ4v) is 2.53. The lowest BCUT2D eigenvalue weighted by Crippen LogP contribution is -2.31. The number of ether oxygens (including phenoxy) is 1. The first kappa shape index (κ1) is 18.5. The number of hydrogen-bond acceptors (Lipinski definition) is 7. The Morgan fingerprint density at radius 1 is 1.33 bits per heavy atom. The summed E-state index contributed by atoms with van der Waals surface area (Å²) in [4.78, 5) is 21.3. The van der Waals surface area contributed by atoms with Crippen molar-refractivity contribution in [3.8, 4) is 5.75 Å². The fraction of sp³-hybridized carbons (Fsp3) is 0.316. The topological polar surface area (TPSA) is 114 Å². The van der Waals surface area contributed by atoms with Crippen molar-refractivity contribution in [3.05, 3.63) is 42.1 Å². The van der Waals surface area contributed by atoms with E-state index < -0.39 is 0 Å². The van der Waals surface area contributed by atoms with Gasteiger partial charge in [0.15, 0.2) is 0 Å². The number of rotatable bonds is 2. The van der Waals surface area contributed by atoms with Crippen LogP contribution in [-0.2, 0) is 0 Å². The summed E-state index contributed by atoms with van der Waals surface area (Å²) in [6.45, 7) is 4.90. The molecule has 0 atom stereocenters. The number of nitrogens with two attached hydrogens (primary N) is 1. The molecule has 1 aliphatic rings. The average molecular weight is 368 g/mol. The molecule has 8 heteroatoms. The number of nitrogens with zero attached hydrogens (tertiary/aromatic N) is 2. The molecular formula is C19H24N6O2. The largest absolute Gasteiger partial charge is 0.487 e. The molecule has 5 N–H and O–H groups in total. The molecule has 1 amide bonds. The van der Waals surface area contributed by atoms with Crippen LogP contribution in [0.25, 0.3) is 0 Å². The highest BCUT2D eigenvalue weighted by atomic mass is 16.5. The van der Waals surface area contributed by atoms with Crippen LogP contribution in [0.1, 0.15) is 30.6 Å². The van der Waals surface area contributed by atoms with Crippen LogP contribution in [0.4, 0.5) is 23.1 Å². The Bertz CT molecular complexity index is 850. The molecule has 0 aliphatic carbocycles. The molecule has 2 heterocycles. The Balaban J connectivity index is 1.99. The maximum Gasteiger partial charge on any atom is 0.256 e. The lowest BCUT2D eigenvalue weighted by atomic mass is 10.2. The lowest BCUT2D eigenvalue weighted by Gasteiger charge is -2.16. The van der Waals surface area contributed by atoms with Crippen molar-refractivity contribution in [2.24, 2.45) is 0 Å². The molecule has 1 aliphatic heterocycles. The average Bonchev–Trinajstić information content (AvgIpc) is 2.62. The Hall–Kier alpha value is -3.29. The van der Waals surface area contributed by atoms with Crippen molar-refractivity contribution < 1.29 is 9.53 Å². The number of carbonyl (C=O) groups excluding carboxylic acids is 1. The number of anilines is 4. The Kier molecular flexibility index (Phi) is 5.75. The SMILES string of the molecule is CC(C)NC(=O)c1cnc2nc1Nc1ccc(N)c(c1)OC/C=C\CCN2. The highest BCUT2D eigenvalue weighted by Crippen LogP contribution is 2.28. The number of nitrogens with one attached hydrogen (secondary N) is 3. The number of amides is 1. The third-order valence-electron chi connectivity index (χ3n) is 3.83. The normalized spacial score (nSPS) is 14.9. The summed E-state index contributed by atoms with van der Waals surface area (Å²) in [6.07, 6.45) is 6.27. The molecule has 2 aromatic rings. The minimum Gasteiger partial charge on any atom is -0.487 e. The number of aromatic nitrogens is 2. The van der Waals surface area contributed by atoms with Gasteiger partial charge in [-0.1, -0.05) is 12.2 Å². The van der Waals surface area contributed by atoms with Gasteiger partial charge in [0.2, 0.25) is 5.95 Å². The monoisotopic (exact) mass is 368 g/mol. The number of benzene rings is 1. The number of hydrogen-bond donors (Lipinski definition) is 4. The zero-order chi connectivity index (χ0) is 19.2. The van der Waals surface area contributed by atoms with Gasteiger partial charge >= 0.3 is 0 Å². The molecule has 0 saturated heterocycles. The Labute approximate surface area is 158 Å². The summed E-state index contributed by atoms with van der Waals surface area (Å²) < 4.78 is 5.72. The minimum absolute atomic E-state index is 0.00400. The van der Waals surface area contributed by atoms with Crippen LogP contribution in [0.3, 0.4) is 0 Å². The second kappa shape index (κ2) is 8.39. The van der Waals surface area contributed by atoms with E-state index in [1.54, 1.807) is 12.1 Å². The van der Waals surface area contributed by atoms with E-state index in [4.69, 9.17) is 10.5 Å². The predicted octanol–water partition coefficient (Wildman–Crippen LogP) is 2.69. The zero-order valence-corrected chi connectivity index (χ0v) is 15.5. The molecule has 0 saturated carbocycles. The quantitative estimate of drug-likeness (QED) is 0.476. The highest BCUT2D eigenvalue weighted by Gasteiger charge is 2.16. The van der Waals surface area contributed by atoms with Crippen LogP contribution >= 0.6 is 0 Å². The van der Waals surface area contributed by atoms with Crippen molar-refractivity contribution in [1.82, 2.24) is 15.3 Å². The van der Waals surface area contributed by atoms with Crippen LogP contribution in [0, 0.1) is 0 Å². The van der Waals surface area contributed by atoms with Gasteiger partial charge in [-0.25, -0.2) is 4.98 Å². The highest BCUT2D eigenvalue weighted by molar-refractivity contribution is 5.99. The Morgan fingerprint density at radius 3 is 3.00 bits per heavy atom. The molecular weight excluding hydrogens is 344 g/mol. The zero-order valence-electron chi connectivity index (χ0n) is 15.5. The van der Waals surface area contributed by atoms with Gasteiger partial charge in [-0.15, -0.1) is 0 Å². The van der Waals surface area contributed by atoms with E-state index in [2.05, 4.69) is 25.9 Å². The van der Waals surface area contributed by atoms with Crippen LogP contribution in [0.2, 0.25) is 0 Å². The summed E-state index contributed by atoms with van der Waals surface area (Å²) in [5.74, 6) is 1.20. The third-order valence-corrected chi connectivity index (χ3v) is 3.83. The maximum atomic E-state index is 12.5. The second-order valence-corrected chi connectivity index (χ2v) is 6.46. The lowest BCUT2D eigenvalue weighted by molar-refractivity contribution is 0.0943. The first-order valence-electron chi connectivity index (χ1n) is 8.89. The van der Waals surface area contributed by atoms with Gasteiger partial charge in [0.25, 0.3) is 5.91 Å². The molecule has 0 unspecified atom stereocenters. The predicted molar refractivity (Wildman–Crippen MR) is 107 cm³/mol. The Morgan fingerprint density at radius 2 is 2.19 bits per heavy atom. The van der Waals surface area contributed by atoms with E-state index in [1.165, 1.54) is 6.20 Å². The number of carbonyl (C=O) groups is 1. The molecule has 3 rings (SSSR count). The van der Waals surface area contributed by atoms with Crippen molar-refractivity contribution in [1.29, 1.82) is 0 Å². The van der Waals surface area contributed by atoms with Crippen LogP contribution in [0.5, 0.6) is 5.75 Å². The van der Waals surface area contributed by atoms with Crippen molar-refractivity contribution >= 4 is 29.0 Å². The summed E-state index contributed by atoms with van der Waals surface area (Å²) in [5.41, 5.74) is 7.61. The summed E-state index contributed by atoms with van der Waals surface area (Å²) in [5, 5.41) is 9.20. The van der Waals surface area contributed by atoms with Gasteiger partial charge in [0, 0.05) is 30.5 Å². The molecule has 142 valence electrons. The number of fused-ring (bicyclic) bond motifs is 4. The van der Waals surface area contributed by atoms with Crippen LogP contribution in [-0.4, -0.2) is 35.1 Å². The van der Waals surface area contributed by atoms with E-state index >= 15 is 0 Å². The van der Waals surface area contributed by atoms with Gasteiger partial charge in [-0.2, -0.15) is 4.98 Å². The molecule has 0 spiro atoms. The molecule has 4 bridgehead atoms. The molecule has 0 radical (unpaired) electrons.